The van der Waals surface area contributed by atoms with Gasteiger partial charge in [0.05, 0.1) is 16.0 Å². The Kier molecular flexibility index (Phi) is 4.16. The van der Waals surface area contributed by atoms with E-state index in [4.69, 9.17) is 5.11 Å². The van der Waals surface area contributed by atoms with Crippen molar-refractivity contribution >= 4 is 27.7 Å². The lowest BCUT2D eigenvalue weighted by Gasteiger charge is -2.11. The van der Waals surface area contributed by atoms with Crippen LogP contribution in [0.15, 0.2) is 18.2 Å². The largest absolute Gasteiger partial charge is 0.478 e. The van der Waals surface area contributed by atoms with E-state index in [1.807, 2.05) is 0 Å². The minimum absolute atomic E-state index is 0.445. The van der Waals surface area contributed by atoms with Crippen LogP contribution in [0.3, 0.4) is 0 Å². The minimum atomic E-state index is -4.62. The fourth-order valence-corrected chi connectivity index (χ4v) is 1.57. The zero-order valence-electron chi connectivity index (χ0n) is 9.08. The number of carbonyl (C=O) groups is 2. The molecule has 0 saturated carbocycles. The predicted molar refractivity (Wildman–Crippen MR) is 61.1 cm³/mol. The third-order valence-electron chi connectivity index (χ3n) is 2.20. The monoisotopic (exact) mass is 324 g/mol. The van der Waals surface area contributed by atoms with Gasteiger partial charge in [0.1, 0.15) is 0 Å². The van der Waals surface area contributed by atoms with Crippen LogP contribution in [0.2, 0.25) is 0 Å². The maximum absolute atomic E-state index is 12.5. The molecule has 1 aromatic carbocycles. The second kappa shape index (κ2) is 5.09. The van der Waals surface area contributed by atoms with E-state index < -0.39 is 39.4 Å². The van der Waals surface area contributed by atoms with Crippen LogP contribution in [0.4, 0.5) is 13.2 Å². The Morgan fingerprint density at radius 3 is 2.22 bits per heavy atom. The second-order valence-electron chi connectivity index (χ2n) is 3.54. The molecule has 0 aromatic heterocycles. The van der Waals surface area contributed by atoms with Gasteiger partial charge in [-0.15, -0.1) is 0 Å². The smallest absolute Gasteiger partial charge is 0.416 e. The molecule has 0 aliphatic heterocycles. The second-order valence-corrected chi connectivity index (χ2v) is 4.92. The molecule has 1 aromatic rings. The molecular weight excluding hydrogens is 317 g/mol. The van der Waals surface area contributed by atoms with Gasteiger partial charge in [-0.25, -0.2) is 4.79 Å². The van der Waals surface area contributed by atoms with E-state index >= 15 is 0 Å². The highest BCUT2D eigenvalue weighted by Gasteiger charge is 2.32. The number of alkyl halides is 4. The maximum atomic E-state index is 12.5. The Bertz CT molecular complexity index is 495. The fourth-order valence-electron chi connectivity index (χ4n) is 1.33. The summed E-state index contributed by atoms with van der Waals surface area (Å²) in [7, 11) is 0. The van der Waals surface area contributed by atoms with Gasteiger partial charge in [0, 0.05) is 5.56 Å². The molecule has 1 unspecified atom stereocenters. The zero-order valence-corrected chi connectivity index (χ0v) is 10.7. The van der Waals surface area contributed by atoms with Crippen LogP contribution in [0.25, 0.3) is 0 Å². The lowest BCUT2D eigenvalue weighted by Crippen LogP contribution is -2.17. The van der Waals surface area contributed by atoms with Crippen molar-refractivity contribution in [2.75, 3.05) is 0 Å². The lowest BCUT2D eigenvalue weighted by molar-refractivity contribution is -0.137. The number of benzene rings is 1. The molecule has 1 N–H and O–H groups in total. The molecule has 0 aliphatic rings. The van der Waals surface area contributed by atoms with Gasteiger partial charge in [0.25, 0.3) is 0 Å². The molecule has 98 valence electrons. The van der Waals surface area contributed by atoms with E-state index in [0.29, 0.717) is 12.1 Å². The third kappa shape index (κ3) is 3.10. The molecule has 1 atom stereocenters. The quantitative estimate of drug-likeness (QED) is 0.685. The van der Waals surface area contributed by atoms with Gasteiger partial charge in [0.2, 0.25) is 0 Å². The summed E-state index contributed by atoms with van der Waals surface area (Å²) in [5.74, 6) is -2.15. The van der Waals surface area contributed by atoms with E-state index in [2.05, 4.69) is 15.9 Å². The fraction of sp³-hybridized carbons (Fsp3) is 0.273. The van der Waals surface area contributed by atoms with Gasteiger partial charge in [0.15, 0.2) is 5.78 Å². The van der Waals surface area contributed by atoms with Crippen LogP contribution >= 0.6 is 15.9 Å². The molecule has 1 rings (SSSR count). The van der Waals surface area contributed by atoms with Crippen molar-refractivity contribution in [2.24, 2.45) is 0 Å². The molecule has 0 spiro atoms. The molecule has 0 amide bonds. The third-order valence-corrected chi connectivity index (χ3v) is 2.62. The number of Topliss-reactive ketones (excluding diaryl/α,β-unsaturated/α-hetero) is 1. The van der Waals surface area contributed by atoms with E-state index in [9.17, 15) is 22.8 Å². The van der Waals surface area contributed by atoms with Crippen molar-refractivity contribution in [3.8, 4) is 0 Å². The van der Waals surface area contributed by atoms with Crippen LogP contribution in [0.5, 0.6) is 0 Å². The lowest BCUT2D eigenvalue weighted by atomic mass is 9.99. The molecule has 3 nitrogen and oxygen atoms in total. The molecule has 0 fully saturated rings. The van der Waals surface area contributed by atoms with Crippen LogP contribution in [0, 0.1) is 0 Å². The summed E-state index contributed by atoms with van der Waals surface area (Å²) < 4.78 is 37.5. The number of halogens is 4. The summed E-state index contributed by atoms with van der Waals surface area (Å²) in [6, 6.07) is 1.98. The van der Waals surface area contributed by atoms with Crippen LogP contribution < -0.4 is 0 Å². The topological polar surface area (TPSA) is 54.4 Å². The molecular formula is C11H8BrF3O3. The first-order valence-corrected chi connectivity index (χ1v) is 5.69. The Morgan fingerprint density at radius 2 is 1.83 bits per heavy atom. The number of hydrogen-bond acceptors (Lipinski definition) is 2. The summed E-state index contributed by atoms with van der Waals surface area (Å²) in [5, 5.41) is 8.84. The average Bonchev–Trinajstić information content (AvgIpc) is 2.25. The summed E-state index contributed by atoms with van der Waals surface area (Å²) in [6.45, 7) is 1.41. The predicted octanol–water partition coefficient (Wildman–Crippen LogP) is 3.37. The Labute approximate surface area is 109 Å². The van der Waals surface area contributed by atoms with Crippen molar-refractivity contribution in [2.45, 2.75) is 17.9 Å². The van der Waals surface area contributed by atoms with Crippen LogP contribution in [0.1, 0.15) is 33.2 Å². The van der Waals surface area contributed by atoms with E-state index in [-0.39, 0.29) is 0 Å². The van der Waals surface area contributed by atoms with Crippen molar-refractivity contribution < 1.29 is 27.9 Å². The number of carbonyl (C=O) groups excluding carboxylic acids is 1. The van der Waals surface area contributed by atoms with Crippen molar-refractivity contribution in [1.29, 1.82) is 0 Å². The van der Waals surface area contributed by atoms with E-state index in [1.165, 1.54) is 6.92 Å². The zero-order chi connectivity index (χ0) is 14.1. The minimum Gasteiger partial charge on any atom is -0.478 e. The molecule has 7 heteroatoms. The summed E-state index contributed by atoms with van der Waals surface area (Å²) in [4.78, 5) is 21.8. The number of aromatic carboxylic acids is 1. The molecule has 0 heterocycles. The first-order valence-electron chi connectivity index (χ1n) is 4.77. The maximum Gasteiger partial charge on any atom is 0.416 e. The summed E-state index contributed by atoms with van der Waals surface area (Å²) in [6.07, 6.45) is -4.62. The van der Waals surface area contributed by atoms with Gasteiger partial charge in [-0.3, -0.25) is 4.79 Å². The number of carboxylic acids is 1. The highest BCUT2D eigenvalue weighted by molar-refractivity contribution is 9.10. The number of rotatable bonds is 3. The molecule has 0 radical (unpaired) electrons. The highest BCUT2D eigenvalue weighted by Crippen LogP contribution is 2.31. The van der Waals surface area contributed by atoms with E-state index in [1.54, 1.807) is 0 Å². The normalized spacial score (nSPS) is 13.2. The molecule has 0 bridgehead atoms. The highest BCUT2D eigenvalue weighted by atomic mass is 79.9. The first-order chi connectivity index (χ1) is 8.14. The van der Waals surface area contributed by atoms with Crippen LogP contribution in [-0.2, 0) is 6.18 Å². The molecule has 0 aliphatic carbocycles. The summed E-state index contributed by atoms with van der Waals surface area (Å²) >= 11 is 2.91. The Balaban J connectivity index is 3.43. The van der Waals surface area contributed by atoms with Crippen molar-refractivity contribution in [1.82, 2.24) is 0 Å². The number of carboxylic acid groups (broad SMARTS) is 1. The van der Waals surface area contributed by atoms with Gasteiger partial charge in [-0.05, 0) is 25.1 Å². The van der Waals surface area contributed by atoms with E-state index in [0.717, 1.165) is 6.07 Å². The number of ketones is 1. The van der Waals surface area contributed by atoms with Crippen molar-refractivity contribution in [3.63, 3.8) is 0 Å². The summed E-state index contributed by atoms with van der Waals surface area (Å²) in [5.41, 5.74) is -1.95. The Hall–Kier alpha value is -1.37. The van der Waals surface area contributed by atoms with Crippen molar-refractivity contribution in [3.05, 3.63) is 34.9 Å². The molecule has 0 saturated heterocycles. The van der Waals surface area contributed by atoms with Gasteiger partial charge >= 0.3 is 12.1 Å². The van der Waals surface area contributed by atoms with Gasteiger partial charge < -0.3 is 5.11 Å². The van der Waals surface area contributed by atoms with Gasteiger partial charge in [-0.1, -0.05) is 15.9 Å². The van der Waals surface area contributed by atoms with Crippen LogP contribution in [-0.4, -0.2) is 21.7 Å². The standard InChI is InChI=1S/C11H8BrF3O3/c1-5(12)9(16)8-4-6(11(13,14)15)2-3-7(8)10(17)18/h2-5H,1H3,(H,17,18). The molecule has 18 heavy (non-hydrogen) atoms. The number of hydrogen-bond donors (Lipinski definition) is 1. The Morgan fingerprint density at radius 1 is 1.28 bits per heavy atom. The van der Waals surface area contributed by atoms with Gasteiger partial charge in [-0.2, -0.15) is 13.2 Å². The first kappa shape index (κ1) is 14.7. The average molecular weight is 325 g/mol. The SMILES string of the molecule is CC(Br)C(=O)c1cc(C(F)(F)F)ccc1C(=O)O.